The van der Waals surface area contributed by atoms with Crippen LogP contribution in [-0.4, -0.2) is 0 Å². The van der Waals surface area contributed by atoms with Gasteiger partial charge in [-0.1, -0.05) is 0 Å². The summed E-state index contributed by atoms with van der Waals surface area (Å²) in [6.45, 7) is 0. The maximum absolute atomic E-state index is 11.1. The second kappa shape index (κ2) is 2.34. The summed E-state index contributed by atoms with van der Waals surface area (Å²) < 4.78 is 1.40. The normalized spacial score (nSPS) is 10.3. The molecule has 0 atom stereocenters. The van der Waals surface area contributed by atoms with Gasteiger partial charge in [-0.2, -0.15) is 9.46 Å². The number of rotatable bonds is 0. The standard InChI is InChI=1S/C8H6N2O2/c11-9-5-3-8-7(6-9)2-1-4-10(8)12/h1-6H. The largest absolute Gasteiger partial charge is 0.619 e. The first-order chi connectivity index (χ1) is 5.77. The van der Waals surface area contributed by atoms with E-state index in [2.05, 4.69) is 0 Å². The molecule has 2 heterocycles. The molecule has 0 bridgehead atoms. The Morgan fingerprint density at radius 3 is 2.75 bits per heavy atom. The molecule has 0 saturated carbocycles. The van der Waals surface area contributed by atoms with Gasteiger partial charge in [0.15, 0.2) is 18.6 Å². The quantitative estimate of drug-likeness (QED) is 0.407. The lowest BCUT2D eigenvalue weighted by molar-refractivity contribution is -0.607. The second-order valence-corrected chi connectivity index (χ2v) is 2.48. The molecule has 0 aliphatic heterocycles. The number of hydrogen-bond acceptors (Lipinski definition) is 2. The Hall–Kier alpha value is -1.84. The van der Waals surface area contributed by atoms with E-state index >= 15 is 0 Å². The lowest BCUT2D eigenvalue weighted by Crippen LogP contribution is -2.29. The maximum Gasteiger partial charge on any atom is 0.235 e. The monoisotopic (exact) mass is 162 g/mol. The molecule has 2 rings (SSSR count). The highest BCUT2D eigenvalue weighted by atomic mass is 16.5. The van der Waals surface area contributed by atoms with E-state index in [4.69, 9.17) is 0 Å². The van der Waals surface area contributed by atoms with E-state index in [1.165, 1.54) is 24.7 Å². The molecule has 0 radical (unpaired) electrons. The first kappa shape index (κ1) is 6.84. The third-order valence-electron chi connectivity index (χ3n) is 1.68. The predicted octanol–water partition coefficient (Wildman–Crippen LogP) is 0.107. The molecule has 2 aromatic rings. The van der Waals surface area contributed by atoms with E-state index in [0.29, 0.717) is 15.6 Å². The third-order valence-corrected chi connectivity index (χ3v) is 1.68. The summed E-state index contributed by atoms with van der Waals surface area (Å²) in [5.74, 6) is 0. The van der Waals surface area contributed by atoms with Crippen molar-refractivity contribution in [3.8, 4) is 0 Å². The number of pyridine rings is 2. The molecule has 0 N–H and O–H groups in total. The smallest absolute Gasteiger partial charge is 0.235 e. The van der Waals surface area contributed by atoms with Gasteiger partial charge in [-0.25, -0.2) is 0 Å². The molecule has 0 aromatic carbocycles. The Kier molecular flexibility index (Phi) is 1.33. The first-order valence-electron chi connectivity index (χ1n) is 3.48. The summed E-state index contributed by atoms with van der Waals surface area (Å²) in [4.78, 5) is 0. The van der Waals surface area contributed by atoms with Crippen LogP contribution in [0.1, 0.15) is 0 Å². The van der Waals surface area contributed by atoms with Crippen molar-refractivity contribution in [2.24, 2.45) is 0 Å². The van der Waals surface area contributed by atoms with E-state index in [9.17, 15) is 10.4 Å². The van der Waals surface area contributed by atoms with Crippen molar-refractivity contribution < 1.29 is 9.46 Å². The van der Waals surface area contributed by atoms with E-state index in [0.717, 1.165) is 4.73 Å². The molecular weight excluding hydrogens is 156 g/mol. The molecule has 4 heteroatoms. The Labute approximate surface area is 68.5 Å². The zero-order valence-electron chi connectivity index (χ0n) is 6.18. The van der Waals surface area contributed by atoms with Crippen molar-refractivity contribution in [2.75, 3.05) is 0 Å². The average molecular weight is 162 g/mol. The van der Waals surface area contributed by atoms with Crippen LogP contribution < -0.4 is 9.46 Å². The van der Waals surface area contributed by atoms with Crippen molar-refractivity contribution in [1.82, 2.24) is 0 Å². The number of fused-ring (bicyclic) bond motifs is 1. The SMILES string of the molecule is [O-][n+]1ccc2c(ccc[n+]2[O-])c1. The molecule has 4 nitrogen and oxygen atoms in total. The molecule has 0 aliphatic rings. The molecule has 60 valence electrons. The molecule has 0 saturated heterocycles. The predicted molar refractivity (Wildman–Crippen MR) is 41.9 cm³/mol. The van der Waals surface area contributed by atoms with Crippen LogP contribution >= 0.6 is 0 Å². The van der Waals surface area contributed by atoms with Gasteiger partial charge in [0.1, 0.15) is 5.39 Å². The van der Waals surface area contributed by atoms with Crippen LogP contribution in [0.5, 0.6) is 0 Å². The summed E-state index contributed by atoms with van der Waals surface area (Å²) >= 11 is 0. The highest BCUT2D eigenvalue weighted by Gasteiger charge is 2.04. The summed E-state index contributed by atoms with van der Waals surface area (Å²) in [6.07, 6.45) is 4.07. The van der Waals surface area contributed by atoms with E-state index in [1.807, 2.05) is 0 Å². The van der Waals surface area contributed by atoms with Crippen LogP contribution in [0.15, 0.2) is 36.8 Å². The van der Waals surface area contributed by atoms with Gasteiger partial charge in [0.05, 0.1) is 6.07 Å². The van der Waals surface area contributed by atoms with Crippen LogP contribution in [0.2, 0.25) is 0 Å². The molecule has 0 aliphatic carbocycles. The minimum atomic E-state index is 0.504. The summed E-state index contributed by atoms with van der Waals surface area (Å²) in [6, 6.07) is 4.82. The van der Waals surface area contributed by atoms with Gasteiger partial charge in [-0.15, -0.1) is 0 Å². The Bertz CT molecular complexity index is 428. The highest BCUT2D eigenvalue weighted by Crippen LogP contribution is 2.03. The topological polar surface area (TPSA) is 53.9 Å². The van der Waals surface area contributed by atoms with Gasteiger partial charge in [0, 0.05) is 6.07 Å². The zero-order valence-corrected chi connectivity index (χ0v) is 6.18. The number of hydrogen-bond donors (Lipinski definition) is 0. The van der Waals surface area contributed by atoms with Gasteiger partial charge in [0.25, 0.3) is 0 Å². The Morgan fingerprint density at radius 2 is 1.92 bits per heavy atom. The molecular formula is C8H6N2O2. The maximum atomic E-state index is 11.1. The van der Waals surface area contributed by atoms with Gasteiger partial charge in [0.2, 0.25) is 5.52 Å². The number of nitrogens with zero attached hydrogens (tertiary/aromatic N) is 2. The fraction of sp³-hybridized carbons (Fsp3) is 0. The molecule has 2 aromatic heterocycles. The fourth-order valence-corrected chi connectivity index (χ4v) is 1.12. The molecule has 12 heavy (non-hydrogen) atoms. The summed E-state index contributed by atoms with van der Waals surface area (Å²) in [7, 11) is 0. The molecule has 0 fully saturated rings. The average Bonchev–Trinajstić information content (AvgIpc) is 2.04. The van der Waals surface area contributed by atoms with Crippen LogP contribution in [0.25, 0.3) is 10.9 Å². The van der Waals surface area contributed by atoms with Gasteiger partial charge in [-0.3, -0.25) is 0 Å². The summed E-state index contributed by atoms with van der Waals surface area (Å²) in [5.41, 5.74) is 0.504. The van der Waals surface area contributed by atoms with Crippen molar-refractivity contribution in [1.29, 1.82) is 0 Å². The van der Waals surface area contributed by atoms with E-state index < -0.39 is 0 Å². The van der Waals surface area contributed by atoms with Crippen molar-refractivity contribution >= 4 is 10.9 Å². The fourth-order valence-electron chi connectivity index (χ4n) is 1.12. The van der Waals surface area contributed by atoms with Gasteiger partial charge in [-0.05, 0) is 6.07 Å². The molecule has 0 spiro atoms. The second-order valence-electron chi connectivity index (χ2n) is 2.48. The molecule has 0 amide bonds. The Morgan fingerprint density at radius 1 is 1.08 bits per heavy atom. The lowest BCUT2D eigenvalue weighted by atomic mass is 10.3. The van der Waals surface area contributed by atoms with Gasteiger partial charge >= 0.3 is 0 Å². The Balaban J connectivity index is 2.86. The molecule has 0 unspecified atom stereocenters. The third kappa shape index (κ3) is 0.934. The van der Waals surface area contributed by atoms with Crippen LogP contribution in [-0.2, 0) is 0 Å². The van der Waals surface area contributed by atoms with Crippen LogP contribution in [0.3, 0.4) is 0 Å². The van der Waals surface area contributed by atoms with Gasteiger partial charge < -0.3 is 10.4 Å². The van der Waals surface area contributed by atoms with E-state index in [1.54, 1.807) is 12.1 Å². The summed E-state index contributed by atoms with van der Waals surface area (Å²) in [5, 5.41) is 22.5. The lowest BCUT2D eigenvalue weighted by Gasteiger charge is -1.99. The van der Waals surface area contributed by atoms with Crippen molar-refractivity contribution in [2.45, 2.75) is 0 Å². The van der Waals surface area contributed by atoms with Crippen LogP contribution in [0.4, 0.5) is 0 Å². The minimum absolute atomic E-state index is 0.504. The zero-order chi connectivity index (χ0) is 8.55. The van der Waals surface area contributed by atoms with Crippen molar-refractivity contribution in [3.05, 3.63) is 47.2 Å². The highest BCUT2D eigenvalue weighted by molar-refractivity contribution is 5.72. The van der Waals surface area contributed by atoms with Crippen molar-refractivity contribution in [3.63, 3.8) is 0 Å². The first-order valence-corrected chi connectivity index (χ1v) is 3.48. The van der Waals surface area contributed by atoms with E-state index in [-0.39, 0.29) is 0 Å². The number of aromatic nitrogens is 2. The van der Waals surface area contributed by atoms with Crippen LogP contribution in [0, 0.1) is 10.4 Å². The minimum Gasteiger partial charge on any atom is -0.619 e.